The highest BCUT2D eigenvalue weighted by Gasteiger charge is 2.19. The molecule has 1 N–H and O–H groups in total. The van der Waals surface area contributed by atoms with E-state index < -0.39 is 10.8 Å². The summed E-state index contributed by atoms with van der Waals surface area (Å²) in [5.74, 6) is 0.385. The number of benzene rings is 3. The number of ether oxygens (including phenoxy) is 3. The number of hydrogen-bond donors (Lipinski definition) is 1. The summed E-state index contributed by atoms with van der Waals surface area (Å²) in [7, 11) is 2.94. The van der Waals surface area contributed by atoms with Gasteiger partial charge >= 0.3 is 5.69 Å². The third-order valence-electron chi connectivity index (χ3n) is 4.55. The Labute approximate surface area is 199 Å². The van der Waals surface area contributed by atoms with Crippen molar-refractivity contribution in [3.05, 3.63) is 86.9 Å². The molecular weight excluding hydrogens is 462 g/mol. The molecule has 0 atom stereocenters. The number of nitrogens with zero attached hydrogens (tertiary/aromatic N) is 2. The van der Waals surface area contributed by atoms with Gasteiger partial charge in [0.25, 0.3) is 5.91 Å². The van der Waals surface area contributed by atoms with Crippen molar-refractivity contribution in [3.8, 4) is 29.1 Å². The highest BCUT2D eigenvalue weighted by Crippen LogP contribution is 2.36. The van der Waals surface area contributed by atoms with Crippen molar-refractivity contribution in [2.24, 2.45) is 0 Å². The molecule has 0 saturated heterocycles. The number of hydrogen-bond acceptors (Lipinski definition) is 7. The number of carbonyl (C=O) groups is 1. The van der Waals surface area contributed by atoms with Crippen LogP contribution in [-0.4, -0.2) is 25.1 Å². The van der Waals surface area contributed by atoms with Crippen LogP contribution in [0, 0.1) is 21.4 Å². The Hall–Kier alpha value is -4.55. The number of carbonyl (C=O) groups excluding carboxylic acids is 1. The molecule has 9 nitrogen and oxygen atoms in total. The van der Waals surface area contributed by atoms with E-state index in [9.17, 15) is 20.2 Å². The molecule has 0 aromatic heterocycles. The summed E-state index contributed by atoms with van der Waals surface area (Å²) in [5.41, 5.74) is 0.0191. The van der Waals surface area contributed by atoms with Gasteiger partial charge in [0.15, 0.2) is 11.5 Å². The van der Waals surface area contributed by atoms with E-state index in [0.29, 0.717) is 22.2 Å². The van der Waals surface area contributed by atoms with Crippen molar-refractivity contribution in [3.63, 3.8) is 0 Å². The molecule has 34 heavy (non-hydrogen) atoms. The lowest BCUT2D eigenvalue weighted by Gasteiger charge is -2.10. The predicted molar refractivity (Wildman–Crippen MR) is 126 cm³/mol. The number of anilines is 1. The van der Waals surface area contributed by atoms with Gasteiger partial charge in [-0.15, -0.1) is 0 Å². The maximum atomic E-state index is 12.6. The fourth-order valence-electron chi connectivity index (χ4n) is 2.93. The summed E-state index contributed by atoms with van der Waals surface area (Å²) >= 11 is 6.06. The van der Waals surface area contributed by atoms with Gasteiger partial charge in [0, 0.05) is 17.8 Å². The molecule has 172 valence electrons. The lowest BCUT2D eigenvalue weighted by molar-refractivity contribution is -0.385. The SMILES string of the molecule is COc1ccc(NC(=O)/C(C#N)=C/c2ccc(Oc3ccccc3Cl)c([N+](=O)[O-])c2)cc1OC. The zero-order valence-corrected chi connectivity index (χ0v) is 18.8. The Kier molecular flexibility index (Phi) is 7.69. The first-order valence-electron chi connectivity index (χ1n) is 9.72. The Morgan fingerprint density at radius 1 is 1.03 bits per heavy atom. The van der Waals surface area contributed by atoms with Crippen molar-refractivity contribution in [1.29, 1.82) is 5.26 Å². The second-order valence-corrected chi connectivity index (χ2v) is 7.12. The lowest BCUT2D eigenvalue weighted by atomic mass is 10.1. The third-order valence-corrected chi connectivity index (χ3v) is 4.87. The van der Waals surface area contributed by atoms with Gasteiger partial charge in [0.2, 0.25) is 5.75 Å². The van der Waals surface area contributed by atoms with Crippen molar-refractivity contribution < 1.29 is 23.9 Å². The fourth-order valence-corrected chi connectivity index (χ4v) is 3.10. The van der Waals surface area contributed by atoms with Crippen molar-refractivity contribution in [2.75, 3.05) is 19.5 Å². The standard InChI is InChI=1S/C24H18ClN3O6/c1-32-22-10-8-17(13-23(22)33-2)27-24(29)16(14-26)11-15-7-9-21(19(12-15)28(30)31)34-20-6-4-3-5-18(20)25/h3-13H,1-2H3,(H,27,29)/b16-11+. The van der Waals surface area contributed by atoms with Gasteiger partial charge in [-0.2, -0.15) is 5.26 Å². The van der Waals surface area contributed by atoms with Gasteiger partial charge in [-0.1, -0.05) is 29.8 Å². The Morgan fingerprint density at radius 2 is 1.74 bits per heavy atom. The molecule has 0 aliphatic rings. The summed E-state index contributed by atoms with van der Waals surface area (Å²) in [4.78, 5) is 23.6. The largest absolute Gasteiger partial charge is 0.493 e. The van der Waals surface area contributed by atoms with Crippen LogP contribution in [0.5, 0.6) is 23.0 Å². The zero-order chi connectivity index (χ0) is 24.7. The smallest absolute Gasteiger partial charge is 0.312 e. The van der Waals surface area contributed by atoms with Gasteiger partial charge in [-0.05, 0) is 42.0 Å². The summed E-state index contributed by atoms with van der Waals surface area (Å²) in [6, 6.07) is 17.1. The Balaban J connectivity index is 1.87. The van der Waals surface area contributed by atoms with Crippen LogP contribution in [0.25, 0.3) is 6.08 Å². The minimum atomic E-state index is -0.700. The minimum absolute atomic E-state index is 0.0384. The molecule has 0 radical (unpaired) electrons. The number of halogens is 1. The van der Waals surface area contributed by atoms with Gasteiger partial charge in [0.05, 0.1) is 24.2 Å². The summed E-state index contributed by atoms with van der Waals surface area (Å²) in [6.07, 6.45) is 1.24. The highest BCUT2D eigenvalue weighted by molar-refractivity contribution is 6.32. The van der Waals surface area contributed by atoms with Gasteiger partial charge in [0.1, 0.15) is 17.4 Å². The number of para-hydroxylation sites is 1. The third kappa shape index (κ3) is 5.62. The second-order valence-electron chi connectivity index (χ2n) is 6.71. The average Bonchev–Trinajstić information content (AvgIpc) is 2.84. The van der Waals surface area contributed by atoms with Crippen LogP contribution in [0.15, 0.2) is 66.2 Å². The fraction of sp³-hybridized carbons (Fsp3) is 0.0833. The predicted octanol–water partition coefficient (Wildman–Crippen LogP) is 5.60. The molecule has 1 amide bonds. The second kappa shape index (κ2) is 10.8. The van der Waals surface area contributed by atoms with E-state index in [1.807, 2.05) is 0 Å². The molecule has 10 heteroatoms. The van der Waals surface area contributed by atoms with Crippen molar-refractivity contribution in [1.82, 2.24) is 0 Å². The number of nitriles is 1. The van der Waals surface area contributed by atoms with E-state index in [2.05, 4.69) is 5.32 Å². The molecule has 0 bridgehead atoms. The van der Waals surface area contributed by atoms with Crippen LogP contribution < -0.4 is 19.5 Å². The molecule has 3 aromatic carbocycles. The van der Waals surface area contributed by atoms with Gasteiger partial charge in [-0.3, -0.25) is 14.9 Å². The molecular formula is C24H18ClN3O6. The molecule has 0 aliphatic heterocycles. The first kappa shape index (κ1) is 24.1. The van der Waals surface area contributed by atoms with E-state index in [0.717, 1.165) is 0 Å². The van der Waals surface area contributed by atoms with Crippen LogP contribution in [0.1, 0.15) is 5.56 Å². The number of methoxy groups -OCH3 is 2. The Morgan fingerprint density at radius 3 is 2.38 bits per heavy atom. The molecule has 0 aliphatic carbocycles. The molecule has 0 heterocycles. The maximum Gasteiger partial charge on any atom is 0.312 e. The van der Waals surface area contributed by atoms with E-state index in [-0.39, 0.29) is 28.3 Å². The van der Waals surface area contributed by atoms with Gasteiger partial charge < -0.3 is 19.5 Å². The normalized spacial score (nSPS) is 10.7. The molecule has 0 saturated carbocycles. The lowest BCUT2D eigenvalue weighted by Crippen LogP contribution is -2.13. The molecule has 3 aromatic rings. The molecule has 0 unspecified atom stereocenters. The van der Waals surface area contributed by atoms with Gasteiger partial charge in [-0.25, -0.2) is 0 Å². The molecule has 3 rings (SSSR count). The van der Waals surface area contributed by atoms with E-state index in [1.165, 1.54) is 44.6 Å². The monoisotopic (exact) mass is 479 g/mol. The minimum Gasteiger partial charge on any atom is -0.493 e. The van der Waals surface area contributed by atoms with Crippen molar-refractivity contribution >= 4 is 35.0 Å². The first-order chi connectivity index (χ1) is 16.4. The van der Waals surface area contributed by atoms with Crippen LogP contribution in [0.4, 0.5) is 11.4 Å². The Bertz CT molecular complexity index is 1320. The summed E-state index contributed by atoms with van der Waals surface area (Å²) < 4.78 is 15.9. The van der Waals surface area contributed by atoms with E-state index in [4.69, 9.17) is 25.8 Å². The summed E-state index contributed by atoms with van der Waals surface area (Å²) in [6.45, 7) is 0. The summed E-state index contributed by atoms with van der Waals surface area (Å²) in [5, 5.41) is 24.0. The van der Waals surface area contributed by atoms with E-state index >= 15 is 0 Å². The van der Waals surface area contributed by atoms with E-state index in [1.54, 1.807) is 42.5 Å². The topological polar surface area (TPSA) is 124 Å². The van der Waals surface area contributed by atoms with Crippen LogP contribution in [0.3, 0.4) is 0 Å². The quantitative estimate of drug-likeness (QED) is 0.193. The maximum absolute atomic E-state index is 12.6. The number of nitrogens with one attached hydrogen (secondary N) is 1. The molecule has 0 spiro atoms. The number of amides is 1. The van der Waals surface area contributed by atoms with Crippen molar-refractivity contribution in [2.45, 2.75) is 0 Å². The van der Waals surface area contributed by atoms with Crippen LogP contribution in [0.2, 0.25) is 5.02 Å². The first-order valence-corrected chi connectivity index (χ1v) is 10.1. The zero-order valence-electron chi connectivity index (χ0n) is 18.1. The average molecular weight is 480 g/mol. The molecule has 0 fully saturated rings. The number of rotatable bonds is 8. The number of nitro groups is 1. The highest BCUT2D eigenvalue weighted by atomic mass is 35.5. The number of nitro benzene ring substituents is 1. The van der Waals surface area contributed by atoms with Crippen LogP contribution >= 0.6 is 11.6 Å². The van der Waals surface area contributed by atoms with Crippen LogP contribution in [-0.2, 0) is 4.79 Å².